The fourth-order valence-corrected chi connectivity index (χ4v) is 3.34. The Kier molecular flexibility index (Phi) is 9.09. The largest absolute Gasteiger partial charge is 0.490 e. The fourth-order valence-electron chi connectivity index (χ4n) is 3.20. The molecular formula is C23H22ClF3N6O4. The quantitative estimate of drug-likeness (QED) is 0.286. The van der Waals surface area contributed by atoms with E-state index in [9.17, 15) is 18.0 Å². The van der Waals surface area contributed by atoms with Crippen molar-refractivity contribution in [1.82, 2.24) is 15.3 Å². The number of hydrogen-bond acceptors (Lipinski definition) is 7. The number of aryl methyl sites for hydroxylation is 2. The highest BCUT2D eigenvalue weighted by atomic mass is 35.5. The highest BCUT2D eigenvalue weighted by Gasteiger charge is 2.38. The third-order valence-corrected chi connectivity index (χ3v) is 5.14. The summed E-state index contributed by atoms with van der Waals surface area (Å²) in [7, 11) is 0. The molecule has 2 aromatic carbocycles. The molecule has 37 heavy (non-hydrogen) atoms. The summed E-state index contributed by atoms with van der Waals surface area (Å²) in [5.74, 6) is -1.83. The van der Waals surface area contributed by atoms with Crippen LogP contribution in [-0.2, 0) is 17.6 Å². The van der Waals surface area contributed by atoms with Crippen molar-refractivity contribution < 1.29 is 33.0 Å². The molecule has 6 bridgehead atoms. The van der Waals surface area contributed by atoms with Gasteiger partial charge in [-0.2, -0.15) is 18.2 Å². The Morgan fingerprint density at radius 2 is 1.81 bits per heavy atom. The number of aliphatic hydroxyl groups excluding tert-OH is 1. The van der Waals surface area contributed by atoms with E-state index in [0.29, 0.717) is 28.9 Å². The summed E-state index contributed by atoms with van der Waals surface area (Å²) in [6, 6.07) is 13.3. The third-order valence-electron chi connectivity index (χ3n) is 4.87. The Morgan fingerprint density at radius 3 is 2.51 bits per heavy atom. The summed E-state index contributed by atoms with van der Waals surface area (Å²) in [5.41, 5.74) is 4.48. The second-order valence-electron chi connectivity index (χ2n) is 7.62. The van der Waals surface area contributed by atoms with E-state index in [1.807, 2.05) is 36.4 Å². The van der Waals surface area contributed by atoms with Gasteiger partial charge >= 0.3 is 18.2 Å². The number of carbonyl (C=O) groups excluding carboxylic acids is 1. The highest BCUT2D eigenvalue weighted by molar-refractivity contribution is 6.32. The van der Waals surface area contributed by atoms with Crippen LogP contribution in [-0.4, -0.2) is 51.5 Å². The third kappa shape index (κ3) is 8.22. The smallest absolute Gasteiger partial charge is 0.475 e. The number of aromatic nitrogens is 2. The molecule has 0 saturated carbocycles. The monoisotopic (exact) mass is 538 g/mol. The second-order valence-corrected chi connectivity index (χ2v) is 8.03. The molecule has 0 unspecified atom stereocenters. The van der Waals surface area contributed by atoms with Gasteiger partial charge in [0.05, 0.1) is 12.8 Å². The lowest BCUT2D eigenvalue weighted by molar-refractivity contribution is -0.192. The van der Waals surface area contributed by atoms with Crippen LogP contribution in [0.3, 0.4) is 0 Å². The number of carbonyl (C=O) groups is 2. The predicted octanol–water partition coefficient (Wildman–Crippen LogP) is 4.46. The van der Waals surface area contributed by atoms with Crippen LogP contribution in [0.5, 0.6) is 0 Å². The second kappa shape index (κ2) is 12.2. The molecule has 0 atom stereocenters. The molecule has 3 aromatic rings. The van der Waals surface area contributed by atoms with Gasteiger partial charge in [-0.1, -0.05) is 23.7 Å². The van der Waals surface area contributed by atoms with Gasteiger partial charge in [0, 0.05) is 23.6 Å². The Hall–Kier alpha value is -4.10. The first kappa shape index (κ1) is 27.5. The summed E-state index contributed by atoms with van der Waals surface area (Å²) in [6.07, 6.45) is -2.04. The van der Waals surface area contributed by atoms with Crippen molar-refractivity contribution >= 4 is 52.4 Å². The number of nitrogens with one attached hydrogen (secondary N) is 4. The van der Waals surface area contributed by atoms with Crippen LogP contribution in [0.1, 0.15) is 11.1 Å². The maximum atomic E-state index is 12.1. The molecule has 1 aromatic heterocycles. The van der Waals surface area contributed by atoms with Crippen molar-refractivity contribution in [2.24, 2.45) is 0 Å². The van der Waals surface area contributed by atoms with Gasteiger partial charge in [-0.15, -0.1) is 0 Å². The molecule has 0 saturated heterocycles. The Labute approximate surface area is 213 Å². The number of fused-ring (bicyclic) bond motifs is 6. The van der Waals surface area contributed by atoms with Crippen molar-refractivity contribution in [2.45, 2.75) is 19.0 Å². The Balaban J connectivity index is 0.000000479. The Bertz CT molecular complexity index is 1280. The summed E-state index contributed by atoms with van der Waals surface area (Å²) < 4.78 is 31.7. The molecule has 196 valence electrons. The number of carboxylic acid groups (broad SMARTS) is 1. The molecule has 10 nitrogen and oxygen atoms in total. The maximum Gasteiger partial charge on any atom is 0.490 e. The number of benzene rings is 2. The molecular weight excluding hydrogens is 517 g/mol. The molecule has 14 heteroatoms. The first-order valence-corrected chi connectivity index (χ1v) is 11.2. The average molecular weight is 539 g/mol. The van der Waals surface area contributed by atoms with Crippen LogP contribution < -0.4 is 21.3 Å². The van der Waals surface area contributed by atoms with Crippen molar-refractivity contribution in [3.63, 3.8) is 0 Å². The van der Waals surface area contributed by atoms with E-state index in [2.05, 4.69) is 37.3 Å². The van der Waals surface area contributed by atoms with Gasteiger partial charge in [-0.25, -0.2) is 14.6 Å². The van der Waals surface area contributed by atoms with Crippen LogP contribution in [0.2, 0.25) is 5.02 Å². The number of halogens is 4. The zero-order valence-corrected chi connectivity index (χ0v) is 19.8. The number of aliphatic hydroxyl groups is 1. The number of aliphatic carboxylic acids is 1. The minimum Gasteiger partial charge on any atom is -0.475 e. The van der Waals surface area contributed by atoms with Gasteiger partial charge < -0.3 is 31.5 Å². The Morgan fingerprint density at radius 1 is 1.08 bits per heavy atom. The van der Waals surface area contributed by atoms with Crippen molar-refractivity contribution in [3.05, 3.63) is 64.8 Å². The first-order valence-electron chi connectivity index (χ1n) is 10.8. The van der Waals surface area contributed by atoms with Gasteiger partial charge in [0.2, 0.25) is 5.95 Å². The lowest BCUT2D eigenvalue weighted by Crippen LogP contribution is -2.31. The fraction of sp³-hybridized carbons (Fsp3) is 0.217. The topological polar surface area (TPSA) is 148 Å². The lowest BCUT2D eigenvalue weighted by Gasteiger charge is -2.15. The van der Waals surface area contributed by atoms with Crippen LogP contribution in [0.15, 0.2) is 48.7 Å². The van der Waals surface area contributed by atoms with E-state index in [-0.39, 0.29) is 19.2 Å². The molecule has 0 aliphatic carbocycles. The van der Waals surface area contributed by atoms with E-state index < -0.39 is 12.1 Å². The van der Waals surface area contributed by atoms with E-state index in [1.165, 1.54) is 0 Å². The number of carboxylic acids is 1. The minimum absolute atomic E-state index is 0.116. The summed E-state index contributed by atoms with van der Waals surface area (Å²) in [4.78, 5) is 29.7. The van der Waals surface area contributed by atoms with E-state index >= 15 is 0 Å². The van der Waals surface area contributed by atoms with Gasteiger partial charge in [-0.05, 0) is 54.3 Å². The number of urea groups is 1. The van der Waals surface area contributed by atoms with Crippen LogP contribution in [0, 0.1) is 0 Å². The predicted molar refractivity (Wildman–Crippen MR) is 132 cm³/mol. The van der Waals surface area contributed by atoms with Crippen molar-refractivity contribution in [3.8, 4) is 0 Å². The zero-order chi connectivity index (χ0) is 27.0. The van der Waals surface area contributed by atoms with Crippen LogP contribution in [0.4, 0.5) is 46.8 Å². The number of alkyl halides is 3. The molecule has 0 fully saturated rings. The standard InChI is InChI=1S/C21H21ClN6O2.C2HF3O2/c22-17-12-24-20-26-15-3-1-2-13(10-15)4-5-14-11-16(25-19(17)28-20)6-7-18(14)27-21(30)23-8-9-29;3-2(4,5)1(6)7/h1-3,6-7,10-12,29H,4-5,8-9H2,(H2,23,27,30)(H2,24,25,26,28);(H,6,7). The molecule has 0 radical (unpaired) electrons. The number of amides is 2. The molecule has 0 spiro atoms. The van der Waals surface area contributed by atoms with E-state index in [4.69, 9.17) is 26.6 Å². The van der Waals surface area contributed by atoms with Crippen molar-refractivity contribution in [1.29, 1.82) is 0 Å². The molecule has 1 aliphatic heterocycles. The van der Waals surface area contributed by atoms with Gasteiger partial charge in [0.25, 0.3) is 0 Å². The maximum absolute atomic E-state index is 12.1. The van der Waals surface area contributed by atoms with Gasteiger partial charge in [0.15, 0.2) is 5.82 Å². The highest BCUT2D eigenvalue weighted by Crippen LogP contribution is 2.29. The van der Waals surface area contributed by atoms with Gasteiger partial charge in [-0.3, -0.25) is 0 Å². The number of hydrogen-bond donors (Lipinski definition) is 6. The molecule has 4 rings (SSSR count). The molecule has 6 N–H and O–H groups in total. The molecule has 2 heterocycles. The first-order chi connectivity index (χ1) is 17.5. The van der Waals surface area contributed by atoms with Gasteiger partial charge in [0.1, 0.15) is 5.02 Å². The summed E-state index contributed by atoms with van der Waals surface area (Å²) >= 11 is 6.28. The van der Waals surface area contributed by atoms with Crippen LogP contribution >= 0.6 is 11.6 Å². The molecule has 2 amide bonds. The zero-order valence-electron chi connectivity index (χ0n) is 19.1. The number of nitrogens with zero attached hydrogens (tertiary/aromatic N) is 2. The molecule has 1 aliphatic rings. The van der Waals surface area contributed by atoms with E-state index in [1.54, 1.807) is 6.20 Å². The van der Waals surface area contributed by atoms with Crippen LogP contribution in [0.25, 0.3) is 0 Å². The normalized spacial score (nSPS) is 12.1. The summed E-state index contributed by atoms with van der Waals surface area (Å²) in [6.45, 7) is 0.0737. The lowest BCUT2D eigenvalue weighted by atomic mass is 10.0. The van der Waals surface area contributed by atoms with Crippen molar-refractivity contribution in [2.75, 3.05) is 29.1 Å². The minimum atomic E-state index is -5.08. The number of anilines is 5. The SMILES string of the molecule is O=C(NCCO)Nc1ccc2cc1CCc1cccc(c1)Nc1ncc(Cl)c(n1)N2.O=C(O)C(F)(F)F. The summed E-state index contributed by atoms with van der Waals surface area (Å²) in [5, 5.41) is 28.3. The average Bonchev–Trinajstić information content (AvgIpc) is 2.85. The van der Waals surface area contributed by atoms with E-state index in [0.717, 1.165) is 28.9 Å². The number of rotatable bonds is 3.